The van der Waals surface area contributed by atoms with Crippen LogP contribution in [0.2, 0.25) is 5.02 Å². The molecule has 0 aliphatic carbocycles. The minimum atomic E-state index is -0.401. The number of hydrogen-bond acceptors (Lipinski definition) is 1. The summed E-state index contributed by atoms with van der Waals surface area (Å²) in [5.41, 5.74) is 4.53. The summed E-state index contributed by atoms with van der Waals surface area (Å²) in [6.45, 7) is 4.07. The second kappa shape index (κ2) is 6.23. The summed E-state index contributed by atoms with van der Waals surface area (Å²) in [6.07, 6.45) is 0.848. The molecule has 0 fully saturated rings. The zero-order valence-corrected chi connectivity index (χ0v) is 12.1. The van der Waals surface area contributed by atoms with Crippen molar-refractivity contribution in [1.82, 2.24) is 0 Å². The van der Waals surface area contributed by atoms with Crippen LogP contribution in [0.15, 0.2) is 42.5 Å². The lowest BCUT2D eigenvalue weighted by atomic mass is 9.99. The zero-order valence-electron chi connectivity index (χ0n) is 11.4. The van der Waals surface area contributed by atoms with Gasteiger partial charge >= 0.3 is 0 Å². The van der Waals surface area contributed by atoms with Crippen LogP contribution >= 0.6 is 11.6 Å². The Labute approximate surface area is 119 Å². The minimum absolute atomic E-state index is 0.401. The Balaban J connectivity index is 2.03. The van der Waals surface area contributed by atoms with Crippen LogP contribution in [-0.4, -0.2) is 11.2 Å². The van der Waals surface area contributed by atoms with E-state index >= 15 is 0 Å². The van der Waals surface area contributed by atoms with Crippen LogP contribution in [0, 0.1) is 13.8 Å². The molecule has 1 nitrogen and oxygen atoms in total. The molecule has 2 heteroatoms. The maximum atomic E-state index is 10.2. The molecule has 0 heterocycles. The van der Waals surface area contributed by atoms with Gasteiger partial charge in [-0.25, -0.2) is 0 Å². The third kappa shape index (κ3) is 4.09. The fourth-order valence-electron chi connectivity index (χ4n) is 2.26. The molecule has 19 heavy (non-hydrogen) atoms. The summed E-state index contributed by atoms with van der Waals surface area (Å²) < 4.78 is 0. The first kappa shape index (κ1) is 14.1. The van der Waals surface area contributed by atoms with Crippen molar-refractivity contribution in [3.63, 3.8) is 0 Å². The third-order valence-electron chi connectivity index (χ3n) is 3.22. The van der Waals surface area contributed by atoms with Crippen molar-refractivity contribution in [1.29, 1.82) is 0 Å². The van der Waals surface area contributed by atoms with Crippen molar-refractivity contribution in [3.8, 4) is 0 Å². The van der Waals surface area contributed by atoms with Crippen LogP contribution in [0.1, 0.15) is 22.3 Å². The van der Waals surface area contributed by atoms with Gasteiger partial charge in [-0.2, -0.15) is 0 Å². The van der Waals surface area contributed by atoms with Gasteiger partial charge in [0.15, 0.2) is 0 Å². The molecule has 0 radical (unpaired) electrons. The van der Waals surface area contributed by atoms with E-state index in [-0.39, 0.29) is 0 Å². The largest absolute Gasteiger partial charge is 0.392 e. The van der Waals surface area contributed by atoms with Gasteiger partial charge in [-0.05, 0) is 43.0 Å². The molecule has 1 atom stereocenters. The summed E-state index contributed by atoms with van der Waals surface area (Å²) in [7, 11) is 0. The molecule has 2 aromatic carbocycles. The number of halogens is 1. The Kier molecular flexibility index (Phi) is 4.62. The van der Waals surface area contributed by atoms with E-state index in [4.69, 9.17) is 11.6 Å². The monoisotopic (exact) mass is 274 g/mol. The maximum Gasteiger partial charge on any atom is 0.0621 e. The molecule has 1 N–H and O–H groups in total. The first-order chi connectivity index (χ1) is 9.04. The number of rotatable bonds is 4. The van der Waals surface area contributed by atoms with Crippen molar-refractivity contribution in [2.75, 3.05) is 0 Å². The van der Waals surface area contributed by atoms with E-state index in [1.807, 2.05) is 37.3 Å². The molecule has 0 saturated heterocycles. The Bertz CT molecular complexity index is 563. The molecule has 100 valence electrons. The van der Waals surface area contributed by atoms with Crippen LogP contribution in [0.25, 0.3) is 0 Å². The van der Waals surface area contributed by atoms with E-state index < -0.39 is 6.10 Å². The van der Waals surface area contributed by atoms with Crippen molar-refractivity contribution in [2.45, 2.75) is 32.8 Å². The van der Waals surface area contributed by atoms with Crippen molar-refractivity contribution >= 4 is 11.6 Å². The first-order valence-electron chi connectivity index (χ1n) is 6.53. The molecule has 0 amide bonds. The van der Waals surface area contributed by atoms with Gasteiger partial charge in [0.2, 0.25) is 0 Å². The highest BCUT2D eigenvalue weighted by atomic mass is 35.5. The molecule has 0 aromatic heterocycles. The summed E-state index contributed by atoms with van der Waals surface area (Å²) >= 11 is 6.19. The van der Waals surface area contributed by atoms with Gasteiger partial charge in [-0.15, -0.1) is 0 Å². The van der Waals surface area contributed by atoms with Gasteiger partial charge < -0.3 is 5.11 Å². The molecule has 0 saturated carbocycles. The van der Waals surface area contributed by atoms with E-state index in [0.29, 0.717) is 12.8 Å². The Morgan fingerprint density at radius 2 is 1.74 bits per heavy atom. The number of hydrogen-bond donors (Lipinski definition) is 1. The van der Waals surface area contributed by atoms with Gasteiger partial charge in [0.25, 0.3) is 0 Å². The molecule has 2 rings (SSSR count). The fraction of sp³-hybridized carbons (Fsp3) is 0.294. The lowest BCUT2D eigenvalue weighted by Gasteiger charge is -2.12. The average Bonchev–Trinajstić information content (AvgIpc) is 2.33. The van der Waals surface area contributed by atoms with E-state index in [1.54, 1.807) is 0 Å². The molecule has 0 spiro atoms. The first-order valence-corrected chi connectivity index (χ1v) is 6.91. The van der Waals surface area contributed by atoms with Crippen molar-refractivity contribution in [3.05, 3.63) is 69.7 Å². The lowest BCUT2D eigenvalue weighted by Crippen LogP contribution is -2.14. The van der Waals surface area contributed by atoms with E-state index in [0.717, 1.165) is 21.7 Å². The highest BCUT2D eigenvalue weighted by Crippen LogP contribution is 2.20. The maximum absolute atomic E-state index is 10.2. The molecule has 0 aliphatic rings. The van der Waals surface area contributed by atoms with Gasteiger partial charge in [0, 0.05) is 11.4 Å². The third-order valence-corrected chi connectivity index (χ3v) is 3.57. The highest BCUT2D eigenvalue weighted by molar-refractivity contribution is 6.31. The normalized spacial score (nSPS) is 12.4. The fourth-order valence-corrected chi connectivity index (χ4v) is 2.57. The minimum Gasteiger partial charge on any atom is -0.392 e. The van der Waals surface area contributed by atoms with Crippen LogP contribution in [0.4, 0.5) is 0 Å². The highest BCUT2D eigenvalue weighted by Gasteiger charge is 2.09. The second-order valence-corrected chi connectivity index (χ2v) is 5.55. The molecule has 2 aromatic rings. The van der Waals surface area contributed by atoms with Crippen molar-refractivity contribution < 1.29 is 5.11 Å². The Morgan fingerprint density at radius 1 is 1.00 bits per heavy atom. The molecule has 1 unspecified atom stereocenters. The summed E-state index contributed by atoms with van der Waals surface area (Å²) in [5.74, 6) is 0. The SMILES string of the molecule is Cc1cccc(CC(O)Cc2ccc(C)cc2Cl)c1. The Hall–Kier alpha value is -1.31. The van der Waals surface area contributed by atoms with Crippen molar-refractivity contribution in [2.24, 2.45) is 0 Å². The smallest absolute Gasteiger partial charge is 0.0621 e. The summed E-state index contributed by atoms with van der Waals surface area (Å²) in [5, 5.41) is 10.9. The van der Waals surface area contributed by atoms with E-state index in [1.165, 1.54) is 5.56 Å². The number of aliphatic hydroxyl groups is 1. The zero-order chi connectivity index (χ0) is 13.8. The Morgan fingerprint density at radius 3 is 2.42 bits per heavy atom. The predicted molar refractivity (Wildman–Crippen MR) is 80.8 cm³/mol. The van der Waals surface area contributed by atoms with E-state index in [9.17, 15) is 5.11 Å². The van der Waals surface area contributed by atoms with Gasteiger partial charge in [-0.3, -0.25) is 0 Å². The topological polar surface area (TPSA) is 20.2 Å². The molecular weight excluding hydrogens is 256 g/mol. The quantitative estimate of drug-likeness (QED) is 0.890. The van der Waals surface area contributed by atoms with Gasteiger partial charge in [-0.1, -0.05) is 53.6 Å². The van der Waals surface area contributed by atoms with Crippen LogP contribution in [-0.2, 0) is 12.8 Å². The van der Waals surface area contributed by atoms with E-state index in [2.05, 4.69) is 19.1 Å². The number of aliphatic hydroxyl groups excluding tert-OH is 1. The summed E-state index contributed by atoms with van der Waals surface area (Å²) in [4.78, 5) is 0. The molecule has 0 aliphatic heterocycles. The predicted octanol–water partition coefficient (Wildman–Crippen LogP) is 4.10. The summed E-state index contributed by atoms with van der Waals surface area (Å²) in [6, 6.07) is 14.2. The van der Waals surface area contributed by atoms with Crippen LogP contribution in [0.3, 0.4) is 0 Å². The standard InChI is InChI=1S/C17H19ClO/c1-12-4-3-5-14(8-12)10-16(19)11-15-7-6-13(2)9-17(15)18/h3-9,16,19H,10-11H2,1-2H3. The average molecular weight is 275 g/mol. The molecule has 0 bridgehead atoms. The van der Waals surface area contributed by atoms with Crippen LogP contribution < -0.4 is 0 Å². The molecular formula is C17H19ClO. The second-order valence-electron chi connectivity index (χ2n) is 5.15. The number of benzene rings is 2. The van der Waals surface area contributed by atoms with Crippen LogP contribution in [0.5, 0.6) is 0 Å². The lowest BCUT2D eigenvalue weighted by molar-refractivity contribution is 0.175. The number of aryl methyl sites for hydroxylation is 2. The van der Waals surface area contributed by atoms with Gasteiger partial charge in [0.1, 0.15) is 0 Å². The van der Waals surface area contributed by atoms with Gasteiger partial charge in [0.05, 0.1) is 6.10 Å².